The molecule has 3 heterocycles. The van der Waals surface area contributed by atoms with Gasteiger partial charge < -0.3 is 15.0 Å². The van der Waals surface area contributed by atoms with Gasteiger partial charge in [0.25, 0.3) is 5.91 Å². The second-order valence-electron chi connectivity index (χ2n) is 7.42. The van der Waals surface area contributed by atoms with Crippen molar-refractivity contribution in [1.29, 1.82) is 0 Å². The van der Waals surface area contributed by atoms with E-state index in [0.717, 1.165) is 31.5 Å². The highest BCUT2D eigenvalue weighted by Crippen LogP contribution is 2.54. The zero-order valence-corrected chi connectivity index (χ0v) is 13.6. The number of aryl methyl sites for hydroxylation is 1. The van der Waals surface area contributed by atoms with Gasteiger partial charge in [-0.1, -0.05) is 6.07 Å². The van der Waals surface area contributed by atoms with Crippen LogP contribution < -0.4 is 5.32 Å². The Labute approximate surface area is 136 Å². The molecule has 0 saturated carbocycles. The minimum atomic E-state index is -0.455. The lowest BCUT2D eigenvalue weighted by Gasteiger charge is -2.29. The molecule has 4 atom stereocenters. The van der Waals surface area contributed by atoms with Crippen LogP contribution in [0.25, 0.3) is 0 Å². The molecule has 0 radical (unpaired) electrons. The second-order valence-corrected chi connectivity index (χ2v) is 7.42. The van der Waals surface area contributed by atoms with Crippen LogP contribution in [-0.4, -0.2) is 49.2 Å². The number of hydrogen-bond donors (Lipinski definition) is 1. The minimum absolute atomic E-state index is 0.00389. The normalized spacial score (nSPS) is 35.5. The van der Waals surface area contributed by atoms with Gasteiger partial charge in [0.1, 0.15) is 5.82 Å². The number of nitrogens with zero attached hydrogens (tertiary/aromatic N) is 1. The molecule has 1 N–H and O–H groups in total. The summed E-state index contributed by atoms with van der Waals surface area (Å²) in [5.41, 5.74) is 0.943. The maximum atomic E-state index is 13.9. The van der Waals surface area contributed by atoms with Crippen molar-refractivity contribution in [2.45, 2.75) is 31.5 Å². The zero-order valence-electron chi connectivity index (χ0n) is 13.6. The number of rotatable bonds is 3. The van der Waals surface area contributed by atoms with Crippen molar-refractivity contribution in [2.24, 2.45) is 11.8 Å². The summed E-state index contributed by atoms with van der Waals surface area (Å²) < 4.78 is 20.2. The van der Waals surface area contributed by atoms with Crippen molar-refractivity contribution in [2.75, 3.05) is 26.7 Å². The summed E-state index contributed by atoms with van der Waals surface area (Å²) >= 11 is 0. The van der Waals surface area contributed by atoms with Crippen molar-refractivity contribution < 1.29 is 13.9 Å². The van der Waals surface area contributed by atoms with Crippen LogP contribution >= 0.6 is 0 Å². The number of fused-ring (bicyclic) bond motifs is 1. The predicted octanol–water partition coefficient (Wildman–Crippen LogP) is 1.97. The summed E-state index contributed by atoms with van der Waals surface area (Å²) in [6.45, 7) is 4.39. The fraction of sp³-hybridized carbons (Fsp3) is 0.611. The van der Waals surface area contributed by atoms with Gasteiger partial charge in [0.2, 0.25) is 0 Å². The molecule has 0 unspecified atom stereocenters. The lowest BCUT2D eigenvalue weighted by atomic mass is 9.73. The molecule has 1 spiro atoms. The number of carbonyl (C=O) groups excluding carboxylic acids is 1. The van der Waals surface area contributed by atoms with E-state index in [0.29, 0.717) is 18.4 Å². The molecule has 0 aliphatic carbocycles. The van der Waals surface area contributed by atoms with Crippen LogP contribution in [-0.2, 0) is 4.74 Å². The summed E-state index contributed by atoms with van der Waals surface area (Å²) in [4.78, 5) is 14.6. The molecule has 1 aromatic carbocycles. The highest BCUT2D eigenvalue weighted by atomic mass is 19.1. The predicted molar refractivity (Wildman–Crippen MR) is 84.8 cm³/mol. The van der Waals surface area contributed by atoms with Gasteiger partial charge in [0.05, 0.1) is 17.3 Å². The molecule has 124 valence electrons. The molecule has 4 rings (SSSR count). The molecule has 3 aliphatic heterocycles. The number of ether oxygens (including phenoxy) is 1. The van der Waals surface area contributed by atoms with E-state index >= 15 is 0 Å². The molecule has 2 bridgehead atoms. The third-order valence-corrected chi connectivity index (χ3v) is 5.82. The van der Waals surface area contributed by atoms with Crippen LogP contribution in [0.2, 0.25) is 0 Å². The van der Waals surface area contributed by atoms with E-state index in [1.165, 1.54) is 6.07 Å². The summed E-state index contributed by atoms with van der Waals surface area (Å²) in [5, 5.41) is 2.93. The van der Waals surface area contributed by atoms with Crippen LogP contribution in [0, 0.1) is 24.6 Å². The van der Waals surface area contributed by atoms with Gasteiger partial charge in [0.15, 0.2) is 0 Å². The Morgan fingerprint density at radius 1 is 1.52 bits per heavy atom. The van der Waals surface area contributed by atoms with Gasteiger partial charge >= 0.3 is 0 Å². The fourth-order valence-corrected chi connectivity index (χ4v) is 4.81. The zero-order chi connectivity index (χ0) is 16.2. The number of likely N-dealkylation sites (N-methyl/N-ethyl adjacent to an activating group) is 1. The van der Waals surface area contributed by atoms with Gasteiger partial charge in [-0.2, -0.15) is 0 Å². The van der Waals surface area contributed by atoms with Crippen LogP contribution in [0.3, 0.4) is 0 Å². The maximum Gasteiger partial charge on any atom is 0.254 e. The standard InChI is InChI=1S/C18H23FN2O2/c1-11-3-4-12(15(19)7-11)17(22)20-8-13-14-9-21(2)10-18(14)6-5-16(13)23-18/h3-4,7,13-14,16H,5-6,8-10H2,1-2H3,(H,20,22)/t13-,14+,16+,18+/m0/s1. The van der Waals surface area contributed by atoms with Crippen molar-refractivity contribution in [3.05, 3.63) is 35.1 Å². The molecule has 5 heteroatoms. The molecule has 3 saturated heterocycles. The fourth-order valence-electron chi connectivity index (χ4n) is 4.81. The number of benzene rings is 1. The van der Waals surface area contributed by atoms with Crippen molar-refractivity contribution >= 4 is 5.91 Å². The molecule has 3 aliphatic rings. The Hall–Kier alpha value is -1.46. The third kappa shape index (κ3) is 2.37. The Kier molecular flexibility index (Phi) is 3.46. The highest BCUT2D eigenvalue weighted by molar-refractivity contribution is 5.94. The summed E-state index contributed by atoms with van der Waals surface area (Å²) in [5.74, 6) is 0.0370. The third-order valence-electron chi connectivity index (χ3n) is 5.82. The van der Waals surface area contributed by atoms with E-state index in [1.807, 2.05) is 6.92 Å². The Bertz CT molecular complexity index is 650. The molecule has 23 heavy (non-hydrogen) atoms. The smallest absolute Gasteiger partial charge is 0.254 e. The van der Waals surface area contributed by atoms with Crippen LogP contribution in [0.1, 0.15) is 28.8 Å². The first-order valence-corrected chi connectivity index (χ1v) is 8.39. The van der Waals surface area contributed by atoms with Gasteiger partial charge in [-0.05, 0) is 44.5 Å². The molecule has 3 fully saturated rings. The van der Waals surface area contributed by atoms with Gasteiger partial charge in [-0.25, -0.2) is 4.39 Å². The number of likely N-dealkylation sites (tertiary alicyclic amines) is 1. The van der Waals surface area contributed by atoms with E-state index in [-0.39, 0.29) is 23.2 Å². The summed E-state index contributed by atoms with van der Waals surface area (Å²) in [6, 6.07) is 4.72. The number of halogens is 1. The van der Waals surface area contributed by atoms with Crippen LogP contribution in [0.5, 0.6) is 0 Å². The summed E-state index contributed by atoms with van der Waals surface area (Å²) in [7, 11) is 2.13. The van der Waals surface area contributed by atoms with Gasteiger partial charge in [-0.15, -0.1) is 0 Å². The molecule has 1 aromatic rings. The quantitative estimate of drug-likeness (QED) is 0.926. The first kappa shape index (κ1) is 15.1. The van der Waals surface area contributed by atoms with Crippen molar-refractivity contribution in [3.63, 3.8) is 0 Å². The number of amides is 1. The molecular formula is C18H23FN2O2. The van der Waals surface area contributed by atoms with Crippen LogP contribution in [0.15, 0.2) is 18.2 Å². The van der Waals surface area contributed by atoms with E-state index in [1.54, 1.807) is 12.1 Å². The first-order chi connectivity index (χ1) is 11.0. The summed E-state index contributed by atoms with van der Waals surface area (Å²) in [6.07, 6.45) is 2.45. The average Bonchev–Trinajstić information content (AvgIpc) is 3.11. The minimum Gasteiger partial charge on any atom is -0.370 e. The van der Waals surface area contributed by atoms with Crippen molar-refractivity contribution in [3.8, 4) is 0 Å². The topological polar surface area (TPSA) is 41.6 Å². The Morgan fingerprint density at radius 3 is 3.13 bits per heavy atom. The lowest BCUT2D eigenvalue weighted by Crippen LogP contribution is -2.42. The lowest BCUT2D eigenvalue weighted by molar-refractivity contribution is 0.00472. The van der Waals surface area contributed by atoms with Crippen molar-refractivity contribution in [1.82, 2.24) is 10.2 Å². The number of hydrogen-bond acceptors (Lipinski definition) is 3. The van der Waals surface area contributed by atoms with Crippen LogP contribution in [0.4, 0.5) is 4.39 Å². The SMILES string of the molecule is Cc1ccc(C(=O)NC[C@H]2[C@H]3CN(C)C[C@]34CC[C@H]2O4)c(F)c1. The number of nitrogens with one attached hydrogen (secondary N) is 1. The van der Waals surface area contributed by atoms with E-state index in [4.69, 9.17) is 4.74 Å². The van der Waals surface area contributed by atoms with E-state index in [9.17, 15) is 9.18 Å². The molecule has 1 amide bonds. The second kappa shape index (κ2) is 5.28. The highest BCUT2D eigenvalue weighted by Gasteiger charge is 2.62. The molecule has 0 aromatic heterocycles. The molecule has 4 nitrogen and oxygen atoms in total. The van der Waals surface area contributed by atoms with Gasteiger partial charge in [0, 0.05) is 31.5 Å². The first-order valence-electron chi connectivity index (χ1n) is 8.39. The number of carbonyl (C=O) groups is 1. The monoisotopic (exact) mass is 318 g/mol. The van der Waals surface area contributed by atoms with Gasteiger partial charge in [-0.3, -0.25) is 4.79 Å². The average molecular weight is 318 g/mol. The maximum absolute atomic E-state index is 13.9. The van der Waals surface area contributed by atoms with E-state index in [2.05, 4.69) is 17.3 Å². The largest absolute Gasteiger partial charge is 0.370 e. The molecular weight excluding hydrogens is 295 g/mol. The Morgan fingerprint density at radius 2 is 2.35 bits per heavy atom. The Balaban J connectivity index is 1.44. The van der Waals surface area contributed by atoms with E-state index < -0.39 is 5.82 Å².